The average molecular weight is 263 g/mol. The first-order valence-electron chi connectivity index (χ1n) is 9.04. The highest BCUT2D eigenvalue weighted by Gasteiger charge is 2.42. The largest absolute Gasteiger partial charge is 0.317 e. The second-order valence-corrected chi connectivity index (χ2v) is 7.87. The van der Waals surface area contributed by atoms with Crippen molar-refractivity contribution in [1.82, 2.24) is 5.32 Å². The van der Waals surface area contributed by atoms with E-state index in [9.17, 15) is 0 Å². The molecule has 4 rings (SSSR count). The minimum absolute atomic E-state index is 0.858. The van der Waals surface area contributed by atoms with E-state index in [1.165, 1.54) is 77.3 Å². The van der Waals surface area contributed by atoms with Gasteiger partial charge in [0.25, 0.3) is 0 Å². The molecule has 3 aliphatic carbocycles. The summed E-state index contributed by atoms with van der Waals surface area (Å²) < 4.78 is 0. The molecule has 1 nitrogen and oxygen atoms in total. The molecule has 0 bridgehead atoms. The lowest BCUT2D eigenvalue weighted by molar-refractivity contribution is 0.124. The maximum absolute atomic E-state index is 3.38. The van der Waals surface area contributed by atoms with Crippen LogP contribution >= 0.6 is 0 Å². The summed E-state index contributed by atoms with van der Waals surface area (Å²) in [5.41, 5.74) is 1.72. The van der Waals surface area contributed by atoms with Gasteiger partial charge in [0.1, 0.15) is 0 Å². The predicted octanol–water partition coefficient (Wildman–Crippen LogP) is 5.05. The first kappa shape index (κ1) is 13.9. The van der Waals surface area contributed by atoms with Gasteiger partial charge in [-0.1, -0.05) is 38.5 Å². The lowest BCUT2D eigenvalue weighted by atomic mass is 9.65. The van der Waals surface area contributed by atoms with Crippen molar-refractivity contribution in [3.05, 3.63) is 0 Å². The van der Waals surface area contributed by atoms with Gasteiger partial charge < -0.3 is 5.32 Å². The molecule has 0 radical (unpaired) electrons. The Kier molecular flexibility index (Phi) is 4.51. The lowest BCUT2D eigenvalue weighted by Crippen LogP contribution is -2.28. The van der Waals surface area contributed by atoms with Crippen molar-refractivity contribution in [1.29, 1.82) is 0 Å². The quantitative estimate of drug-likeness (QED) is 0.645. The molecule has 19 heavy (non-hydrogen) atoms. The summed E-state index contributed by atoms with van der Waals surface area (Å²) in [4.78, 5) is 0. The van der Waals surface area contributed by atoms with Gasteiger partial charge in [-0.25, -0.2) is 0 Å². The van der Waals surface area contributed by atoms with Gasteiger partial charge in [-0.3, -0.25) is 0 Å². The molecular formula is C18H33N. The summed E-state index contributed by atoms with van der Waals surface area (Å²) in [7, 11) is 0. The molecule has 0 aromatic rings. The first-order chi connectivity index (χ1) is 9.33. The van der Waals surface area contributed by atoms with Crippen molar-refractivity contribution in [2.45, 2.75) is 89.9 Å². The summed E-state index contributed by atoms with van der Waals surface area (Å²) in [6.45, 7) is 2.56. The highest BCUT2D eigenvalue weighted by atomic mass is 14.9. The van der Waals surface area contributed by atoms with Crippen LogP contribution in [0.2, 0.25) is 0 Å². The predicted molar refractivity (Wildman–Crippen MR) is 82.4 cm³/mol. The highest BCUT2D eigenvalue weighted by Crippen LogP contribution is 2.52. The highest BCUT2D eigenvalue weighted by molar-refractivity contribution is 4.95. The van der Waals surface area contributed by atoms with Crippen molar-refractivity contribution in [2.75, 3.05) is 13.1 Å². The van der Waals surface area contributed by atoms with Crippen molar-refractivity contribution in [3.8, 4) is 0 Å². The van der Waals surface area contributed by atoms with Crippen molar-refractivity contribution < 1.29 is 0 Å². The molecule has 0 unspecified atom stereocenters. The SMILES string of the molecule is C1CC2(CCN1)CC2.C1CCC2(CC1)CCCCC2. The van der Waals surface area contributed by atoms with Crippen LogP contribution in [0.3, 0.4) is 0 Å². The van der Waals surface area contributed by atoms with Crippen LogP contribution in [-0.4, -0.2) is 13.1 Å². The van der Waals surface area contributed by atoms with Gasteiger partial charge >= 0.3 is 0 Å². The summed E-state index contributed by atoms with van der Waals surface area (Å²) in [6.07, 6.45) is 21.3. The standard InChI is InChI=1S/C11H20.C7H13N/c1-3-7-11(8-4-1)9-5-2-6-10-11;1-2-7(1)3-5-8-6-4-7/h1-10H2;8H,1-6H2. The molecule has 1 heteroatoms. The molecule has 1 saturated heterocycles. The maximum atomic E-state index is 3.38. The summed E-state index contributed by atoms with van der Waals surface area (Å²) in [5.74, 6) is 0. The van der Waals surface area contributed by atoms with Crippen LogP contribution in [0, 0.1) is 10.8 Å². The van der Waals surface area contributed by atoms with Gasteiger partial charge in [0.15, 0.2) is 0 Å². The Morgan fingerprint density at radius 2 is 0.842 bits per heavy atom. The van der Waals surface area contributed by atoms with Crippen molar-refractivity contribution >= 4 is 0 Å². The topological polar surface area (TPSA) is 12.0 Å². The zero-order valence-electron chi connectivity index (χ0n) is 12.8. The molecule has 0 atom stereocenters. The fourth-order valence-corrected chi connectivity index (χ4v) is 4.74. The van der Waals surface area contributed by atoms with Crippen molar-refractivity contribution in [3.63, 3.8) is 0 Å². The van der Waals surface area contributed by atoms with Crippen LogP contribution in [0.15, 0.2) is 0 Å². The third kappa shape index (κ3) is 3.74. The molecule has 4 aliphatic rings. The van der Waals surface area contributed by atoms with Crippen LogP contribution in [0.4, 0.5) is 0 Å². The molecule has 1 heterocycles. The lowest BCUT2D eigenvalue weighted by Gasteiger charge is -2.40. The van der Waals surface area contributed by atoms with Crippen LogP contribution < -0.4 is 5.32 Å². The summed E-state index contributed by atoms with van der Waals surface area (Å²) in [6, 6.07) is 0. The molecule has 0 aromatic heterocycles. The number of nitrogens with one attached hydrogen (secondary N) is 1. The van der Waals surface area contributed by atoms with Crippen LogP contribution in [-0.2, 0) is 0 Å². The van der Waals surface area contributed by atoms with Gasteiger partial charge in [-0.05, 0) is 75.3 Å². The monoisotopic (exact) mass is 263 g/mol. The van der Waals surface area contributed by atoms with Gasteiger partial charge in [0.05, 0.1) is 0 Å². The molecule has 2 spiro atoms. The normalized spacial score (nSPS) is 31.6. The Bertz CT molecular complexity index is 240. The van der Waals surface area contributed by atoms with E-state index in [1.807, 2.05) is 0 Å². The van der Waals surface area contributed by atoms with Crippen LogP contribution in [0.5, 0.6) is 0 Å². The van der Waals surface area contributed by atoms with E-state index in [0.717, 1.165) is 10.8 Å². The van der Waals surface area contributed by atoms with E-state index >= 15 is 0 Å². The Morgan fingerprint density at radius 1 is 0.421 bits per heavy atom. The fourth-order valence-electron chi connectivity index (χ4n) is 4.74. The van der Waals surface area contributed by atoms with E-state index in [4.69, 9.17) is 0 Å². The number of rotatable bonds is 0. The zero-order chi connectivity index (χ0) is 13.0. The zero-order valence-corrected chi connectivity index (χ0v) is 12.8. The molecule has 0 aromatic carbocycles. The molecule has 3 saturated carbocycles. The first-order valence-corrected chi connectivity index (χ1v) is 9.04. The minimum Gasteiger partial charge on any atom is -0.317 e. The Morgan fingerprint density at radius 3 is 1.21 bits per heavy atom. The molecule has 0 amide bonds. The van der Waals surface area contributed by atoms with E-state index in [2.05, 4.69) is 5.32 Å². The van der Waals surface area contributed by atoms with Crippen LogP contribution in [0.1, 0.15) is 89.9 Å². The van der Waals surface area contributed by atoms with E-state index in [-0.39, 0.29) is 0 Å². The van der Waals surface area contributed by atoms with Gasteiger partial charge in [0, 0.05) is 0 Å². The summed E-state index contributed by atoms with van der Waals surface area (Å²) >= 11 is 0. The van der Waals surface area contributed by atoms with Crippen LogP contribution in [0.25, 0.3) is 0 Å². The molecule has 1 aliphatic heterocycles. The molecule has 4 fully saturated rings. The smallest absolute Gasteiger partial charge is 0.00436 e. The summed E-state index contributed by atoms with van der Waals surface area (Å²) in [5, 5.41) is 3.38. The number of hydrogen-bond acceptors (Lipinski definition) is 1. The van der Waals surface area contributed by atoms with Gasteiger partial charge in [0.2, 0.25) is 0 Å². The number of hydrogen-bond donors (Lipinski definition) is 1. The average Bonchev–Trinajstić information content (AvgIpc) is 3.21. The number of piperidine rings is 1. The van der Waals surface area contributed by atoms with Gasteiger partial charge in [-0.2, -0.15) is 0 Å². The Labute approximate surface area is 119 Å². The third-order valence-corrected chi connectivity index (χ3v) is 6.45. The molecule has 110 valence electrons. The van der Waals surface area contributed by atoms with E-state index < -0.39 is 0 Å². The second-order valence-electron chi connectivity index (χ2n) is 7.87. The minimum atomic E-state index is 0.858. The molecule has 1 N–H and O–H groups in total. The van der Waals surface area contributed by atoms with E-state index in [0.29, 0.717) is 0 Å². The van der Waals surface area contributed by atoms with Crippen molar-refractivity contribution in [2.24, 2.45) is 10.8 Å². The molecular weight excluding hydrogens is 230 g/mol. The van der Waals surface area contributed by atoms with E-state index in [1.54, 1.807) is 25.7 Å². The maximum Gasteiger partial charge on any atom is -0.00436 e. The van der Waals surface area contributed by atoms with Gasteiger partial charge in [-0.15, -0.1) is 0 Å². The Hall–Kier alpha value is -0.0400. The Balaban J connectivity index is 0.000000122. The fraction of sp³-hybridized carbons (Fsp3) is 1.00. The second kappa shape index (κ2) is 6.16. The third-order valence-electron chi connectivity index (χ3n) is 6.45.